The van der Waals surface area contributed by atoms with E-state index in [4.69, 9.17) is 4.74 Å². The zero-order valence-corrected chi connectivity index (χ0v) is 13.1. The van der Waals surface area contributed by atoms with Crippen molar-refractivity contribution >= 4 is 21.8 Å². The van der Waals surface area contributed by atoms with Gasteiger partial charge in [0.1, 0.15) is 11.9 Å². The molecule has 0 atom stereocenters. The van der Waals surface area contributed by atoms with Crippen molar-refractivity contribution in [1.29, 1.82) is 0 Å². The van der Waals surface area contributed by atoms with Crippen LogP contribution < -0.4 is 4.74 Å². The summed E-state index contributed by atoms with van der Waals surface area (Å²) < 4.78 is 7.04. The first kappa shape index (κ1) is 13.9. The van der Waals surface area contributed by atoms with Gasteiger partial charge in [-0.15, -0.1) is 0 Å². The molecule has 1 aromatic carbocycles. The summed E-state index contributed by atoms with van der Waals surface area (Å²) in [6.45, 7) is 1.69. The molecule has 1 aliphatic heterocycles. The molecule has 0 bridgehead atoms. The third kappa shape index (κ3) is 3.17. The van der Waals surface area contributed by atoms with Crippen LogP contribution in [0, 0.1) is 5.92 Å². The molecule has 0 aromatic heterocycles. The lowest BCUT2D eigenvalue weighted by molar-refractivity contribution is -0.140. The van der Waals surface area contributed by atoms with E-state index in [1.54, 1.807) is 0 Å². The van der Waals surface area contributed by atoms with Crippen LogP contribution in [0.25, 0.3) is 0 Å². The molecule has 3 nitrogen and oxygen atoms in total. The summed E-state index contributed by atoms with van der Waals surface area (Å²) >= 11 is 3.42. The minimum Gasteiger partial charge on any atom is -0.490 e. The quantitative estimate of drug-likeness (QED) is 0.842. The normalized spacial score (nSPS) is 20.6. The number of amides is 1. The highest BCUT2D eigenvalue weighted by atomic mass is 79.9. The molecule has 4 heteroatoms. The van der Waals surface area contributed by atoms with Crippen LogP contribution in [0.2, 0.25) is 0 Å². The smallest absolute Gasteiger partial charge is 0.225 e. The van der Waals surface area contributed by atoms with Crippen molar-refractivity contribution in [1.82, 2.24) is 4.90 Å². The van der Waals surface area contributed by atoms with E-state index in [1.165, 1.54) is 6.42 Å². The van der Waals surface area contributed by atoms with Gasteiger partial charge in [-0.25, -0.2) is 0 Å². The van der Waals surface area contributed by atoms with E-state index in [9.17, 15) is 4.79 Å². The zero-order valence-electron chi connectivity index (χ0n) is 11.6. The Morgan fingerprint density at radius 1 is 1.10 bits per heavy atom. The van der Waals surface area contributed by atoms with Crippen LogP contribution in [-0.4, -0.2) is 30.0 Å². The van der Waals surface area contributed by atoms with Gasteiger partial charge in [0.2, 0.25) is 5.91 Å². The summed E-state index contributed by atoms with van der Waals surface area (Å²) in [5.74, 6) is 1.61. The monoisotopic (exact) mass is 337 g/mol. The molecule has 1 saturated carbocycles. The third-order valence-corrected chi connectivity index (χ3v) is 4.85. The van der Waals surface area contributed by atoms with E-state index in [0.29, 0.717) is 11.8 Å². The average Bonchev–Trinajstić information content (AvgIpc) is 2.40. The van der Waals surface area contributed by atoms with E-state index in [2.05, 4.69) is 15.9 Å². The van der Waals surface area contributed by atoms with E-state index in [1.807, 2.05) is 29.2 Å². The topological polar surface area (TPSA) is 29.5 Å². The Morgan fingerprint density at radius 2 is 1.75 bits per heavy atom. The Morgan fingerprint density at radius 3 is 2.30 bits per heavy atom. The van der Waals surface area contributed by atoms with Crippen LogP contribution >= 0.6 is 15.9 Å². The summed E-state index contributed by atoms with van der Waals surface area (Å²) in [5, 5.41) is 0. The van der Waals surface area contributed by atoms with Crippen LogP contribution in [0.4, 0.5) is 0 Å². The highest BCUT2D eigenvalue weighted by Crippen LogP contribution is 2.29. The fraction of sp³-hybridized carbons (Fsp3) is 0.562. The van der Waals surface area contributed by atoms with Gasteiger partial charge in [-0.1, -0.05) is 22.4 Å². The zero-order chi connectivity index (χ0) is 13.9. The van der Waals surface area contributed by atoms with Crippen molar-refractivity contribution in [3.63, 3.8) is 0 Å². The minimum absolute atomic E-state index is 0.238. The second-order valence-electron chi connectivity index (χ2n) is 5.72. The molecular weight excluding hydrogens is 318 g/mol. The second kappa shape index (κ2) is 6.17. The maximum atomic E-state index is 12.2. The number of hydrogen-bond acceptors (Lipinski definition) is 2. The van der Waals surface area contributed by atoms with E-state index >= 15 is 0 Å². The maximum Gasteiger partial charge on any atom is 0.225 e. The lowest BCUT2D eigenvalue weighted by Gasteiger charge is -2.36. The molecule has 1 aromatic rings. The largest absolute Gasteiger partial charge is 0.490 e. The Bertz CT molecular complexity index is 462. The molecule has 0 N–H and O–H groups in total. The van der Waals surface area contributed by atoms with Crippen LogP contribution in [0.15, 0.2) is 28.7 Å². The number of carbonyl (C=O) groups excluding carboxylic acids is 1. The summed E-state index contributed by atoms with van der Waals surface area (Å²) in [6, 6.07) is 7.95. The number of hydrogen-bond donors (Lipinski definition) is 0. The SMILES string of the molecule is O=C(C1CCC1)N1CCC(Oc2ccc(Br)cc2)CC1. The molecule has 1 aliphatic carbocycles. The van der Waals surface area contributed by atoms with Crippen molar-refractivity contribution in [3.8, 4) is 5.75 Å². The number of halogens is 1. The van der Waals surface area contributed by atoms with Gasteiger partial charge in [-0.05, 0) is 37.1 Å². The lowest BCUT2D eigenvalue weighted by Crippen LogP contribution is -2.45. The van der Waals surface area contributed by atoms with Gasteiger partial charge in [0.15, 0.2) is 0 Å². The maximum absolute atomic E-state index is 12.2. The first-order valence-corrected chi connectivity index (χ1v) is 8.23. The van der Waals surface area contributed by atoms with Crippen LogP contribution in [-0.2, 0) is 4.79 Å². The molecule has 20 heavy (non-hydrogen) atoms. The summed E-state index contributed by atoms with van der Waals surface area (Å²) in [6.07, 6.45) is 5.52. The average molecular weight is 338 g/mol. The van der Waals surface area contributed by atoms with Gasteiger partial charge in [0.05, 0.1) is 0 Å². The van der Waals surface area contributed by atoms with Crippen LogP contribution in [0.5, 0.6) is 5.75 Å². The Kier molecular flexibility index (Phi) is 4.29. The van der Waals surface area contributed by atoms with Crippen molar-refractivity contribution in [2.24, 2.45) is 5.92 Å². The van der Waals surface area contributed by atoms with Gasteiger partial charge in [-0.3, -0.25) is 4.79 Å². The van der Waals surface area contributed by atoms with Crippen molar-refractivity contribution < 1.29 is 9.53 Å². The molecule has 2 aliphatic rings. The van der Waals surface area contributed by atoms with Crippen molar-refractivity contribution in [2.45, 2.75) is 38.2 Å². The molecular formula is C16H20BrNO2. The molecule has 0 radical (unpaired) electrons. The second-order valence-corrected chi connectivity index (χ2v) is 6.64. The summed E-state index contributed by atoms with van der Waals surface area (Å²) in [7, 11) is 0. The molecule has 1 amide bonds. The number of likely N-dealkylation sites (tertiary alicyclic amines) is 1. The molecule has 1 heterocycles. The molecule has 1 saturated heterocycles. The molecule has 108 valence electrons. The summed E-state index contributed by atoms with van der Waals surface area (Å²) in [4.78, 5) is 14.2. The van der Waals surface area contributed by atoms with Crippen molar-refractivity contribution in [2.75, 3.05) is 13.1 Å². The highest BCUT2D eigenvalue weighted by molar-refractivity contribution is 9.10. The Labute approximate surface area is 128 Å². The number of carbonyl (C=O) groups is 1. The molecule has 3 rings (SSSR count). The predicted molar refractivity (Wildman–Crippen MR) is 81.7 cm³/mol. The van der Waals surface area contributed by atoms with Gasteiger partial charge in [0, 0.05) is 36.3 Å². The first-order valence-electron chi connectivity index (χ1n) is 7.43. The van der Waals surface area contributed by atoms with E-state index in [-0.39, 0.29) is 6.10 Å². The number of rotatable bonds is 3. The van der Waals surface area contributed by atoms with Gasteiger partial charge >= 0.3 is 0 Å². The predicted octanol–water partition coefficient (Wildman–Crippen LogP) is 3.62. The number of benzene rings is 1. The number of piperidine rings is 1. The number of nitrogens with zero attached hydrogens (tertiary/aromatic N) is 1. The molecule has 0 unspecified atom stereocenters. The number of ether oxygens (including phenoxy) is 1. The third-order valence-electron chi connectivity index (χ3n) is 4.32. The minimum atomic E-state index is 0.238. The van der Waals surface area contributed by atoms with Crippen LogP contribution in [0.3, 0.4) is 0 Å². The van der Waals surface area contributed by atoms with Gasteiger partial charge in [0.25, 0.3) is 0 Å². The Hall–Kier alpha value is -1.03. The lowest BCUT2D eigenvalue weighted by atomic mass is 9.84. The fourth-order valence-corrected chi connectivity index (χ4v) is 3.08. The van der Waals surface area contributed by atoms with E-state index < -0.39 is 0 Å². The molecule has 0 spiro atoms. The Balaban J connectivity index is 1.48. The highest BCUT2D eigenvalue weighted by Gasteiger charge is 2.31. The van der Waals surface area contributed by atoms with Crippen LogP contribution in [0.1, 0.15) is 32.1 Å². The molecule has 2 fully saturated rings. The van der Waals surface area contributed by atoms with Crippen molar-refractivity contribution in [3.05, 3.63) is 28.7 Å². The van der Waals surface area contributed by atoms with Gasteiger partial charge < -0.3 is 9.64 Å². The first-order chi connectivity index (χ1) is 9.72. The van der Waals surface area contributed by atoms with E-state index in [0.717, 1.165) is 49.0 Å². The van der Waals surface area contributed by atoms with Gasteiger partial charge in [-0.2, -0.15) is 0 Å². The summed E-state index contributed by atoms with van der Waals surface area (Å²) in [5.41, 5.74) is 0. The standard InChI is InChI=1S/C16H20BrNO2/c17-13-4-6-14(7-5-13)20-15-8-10-18(11-9-15)16(19)12-2-1-3-12/h4-7,12,15H,1-3,8-11H2. The fourth-order valence-electron chi connectivity index (χ4n) is 2.81.